The fraction of sp³-hybridized carbons (Fsp3) is 0.889. The second kappa shape index (κ2) is 4.33. The van der Waals surface area contributed by atoms with Crippen LogP contribution in [0.4, 0.5) is 0 Å². The molecule has 0 spiro atoms. The van der Waals surface area contributed by atoms with E-state index in [-0.39, 0.29) is 11.9 Å². The minimum absolute atomic E-state index is 0.0288. The first-order valence-electron chi connectivity index (χ1n) is 4.67. The molecule has 1 amide bonds. The summed E-state index contributed by atoms with van der Waals surface area (Å²) in [5.41, 5.74) is 5.23. The molecule has 0 aromatic heterocycles. The standard InChI is InChI=1S/C9H18N2OS/c1-7(3-6-13-2)11-8(12)9(10)4-5-9/h7H,3-6,10H2,1-2H3,(H,11,12). The molecule has 3 nitrogen and oxygen atoms in total. The Morgan fingerprint density at radius 1 is 1.69 bits per heavy atom. The molecule has 0 aliphatic heterocycles. The molecule has 1 saturated carbocycles. The summed E-state index contributed by atoms with van der Waals surface area (Å²) in [6.45, 7) is 2.03. The smallest absolute Gasteiger partial charge is 0.240 e. The van der Waals surface area contributed by atoms with Gasteiger partial charge in [0, 0.05) is 6.04 Å². The third kappa shape index (κ3) is 3.19. The maximum atomic E-state index is 11.5. The predicted octanol–water partition coefficient (Wildman–Crippen LogP) is 0.735. The van der Waals surface area contributed by atoms with E-state index in [1.54, 1.807) is 11.8 Å². The lowest BCUT2D eigenvalue weighted by Crippen LogP contribution is -2.46. The van der Waals surface area contributed by atoms with E-state index in [1.807, 2.05) is 6.92 Å². The van der Waals surface area contributed by atoms with Crippen molar-refractivity contribution in [3.8, 4) is 0 Å². The highest BCUT2D eigenvalue weighted by Crippen LogP contribution is 2.32. The van der Waals surface area contributed by atoms with Crippen LogP contribution < -0.4 is 11.1 Å². The number of rotatable bonds is 5. The highest BCUT2D eigenvalue weighted by Gasteiger charge is 2.46. The Labute approximate surface area is 83.8 Å². The van der Waals surface area contributed by atoms with Gasteiger partial charge in [-0.15, -0.1) is 0 Å². The van der Waals surface area contributed by atoms with Crippen LogP contribution in [0.15, 0.2) is 0 Å². The quantitative estimate of drug-likeness (QED) is 0.691. The predicted molar refractivity (Wildman–Crippen MR) is 56.8 cm³/mol. The van der Waals surface area contributed by atoms with Crippen molar-refractivity contribution in [3.05, 3.63) is 0 Å². The number of thioether (sulfide) groups is 1. The van der Waals surface area contributed by atoms with E-state index in [1.165, 1.54) is 0 Å². The minimum Gasteiger partial charge on any atom is -0.352 e. The van der Waals surface area contributed by atoms with Gasteiger partial charge >= 0.3 is 0 Å². The van der Waals surface area contributed by atoms with Crippen molar-refractivity contribution >= 4 is 17.7 Å². The van der Waals surface area contributed by atoms with Crippen molar-refractivity contribution in [3.63, 3.8) is 0 Å². The Morgan fingerprint density at radius 3 is 2.77 bits per heavy atom. The minimum atomic E-state index is -0.520. The molecule has 1 unspecified atom stereocenters. The Balaban J connectivity index is 2.19. The summed E-state index contributed by atoms with van der Waals surface area (Å²) in [6, 6.07) is 0.251. The Morgan fingerprint density at radius 2 is 2.31 bits per heavy atom. The molecule has 76 valence electrons. The molecule has 0 heterocycles. The first-order valence-corrected chi connectivity index (χ1v) is 6.06. The van der Waals surface area contributed by atoms with Crippen molar-refractivity contribution in [2.45, 2.75) is 37.8 Å². The average molecular weight is 202 g/mol. The number of nitrogens with two attached hydrogens (primary N) is 1. The molecule has 1 rings (SSSR count). The largest absolute Gasteiger partial charge is 0.352 e. The summed E-state index contributed by atoms with van der Waals surface area (Å²) in [6.07, 6.45) is 4.77. The van der Waals surface area contributed by atoms with Crippen LogP contribution in [-0.2, 0) is 4.79 Å². The molecule has 1 aliphatic carbocycles. The number of amides is 1. The van der Waals surface area contributed by atoms with Crippen LogP contribution >= 0.6 is 11.8 Å². The molecular weight excluding hydrogens is 184 g/mol. The lowest BCUT2D eigenvalue weighted by molar-refractivity contribution is -0.123. The van der Waals surface area contributed by atoms with E-state index in [4.69, 9.17) is 5.73 Å². The normalized spacial score (nSPS) is 20.8. The van der Waals surface area contributed by atoms with Gasteiger partial charge in [0.1, 0.15) is 0 Å². The molecule has 1 atom stereocenters. The zero-order valence-corrected chi connectivity index (χ0v) is 9.12. The van der Waals surface area contributed by atoms with Gasteiger partial charge < -0.3 is 11.1 Å². The van der Waals surface area contributed by atoms with Crippen LogP contribution in [0, 0.1) is 0 Å². The topological polar surface area (TPSA) is 55.1 Å². The fourth-order valence-electron chi connectivity index (χ4n) is 1.10. The van der Waals surface area contributed by atoms with Gasteiger partial charge in [-0.25, -0.2) is 0 Å². The van der Waals surface area contributed by atoms with Crippen molar-refractivity contribution < 1.29 is 4.79 Å². The van der Waals surface area contributed by atoms with E-state index < -0.39 is 5.54 Å². The maximum absolute atomic E-state index is 11.5. The first kappa shape index (κ1) is 10.9. The number of carbonyl (C=O) groups is 1. The van der Waals surface area contributed by atoms with Crippen molar-refractivity contribution in [2.75, 3.05) is 12.0 Å². The van der Waals surface area contributed by atoms with Gasteiger partial charge in [0.15, 0.2) is 0 Å². The SMILES string of the molecule is CSCCC(C)NC(=O)C1(N)CC1. The van der Waals surface area contributed by atoms with E-state index in [0.717, 1.165) is 25.0 Å². The molecule has 3 N–H and O–H groups in total. The molecule has 0 saturated heterocycles. The van der Waals surface area contributed by atoms with Crippen LogP contribution in [0.5, 0.6) is 0 Å². The summed E-state index contributed by atoms with van der Waals surface area (Å²) in [5, 5.41) is 2.94. The third-order valence-corrected chi connectivity index (χ3v) is 3.02. The summed E-state index contributed by atoms with van der Waals surface area (Å²) in [4.78, 5) is 11.5. The van der Waals surface area contributed by atoms with Crippen LogP contribution in [0.1, 0.15) is 26.2 Å². The van der Waals surface area contributed by atoms with Gasteiger partial charge in [-0.1, -0.05) is 0 Å². The monoisotopic (exact) mass is 202 g/mol. The lowest BCUT2D eigenvalue weighted by atomic mass is 10.2. The van der Waals surface area contributed by atoms with E-state index in [2.05, 4.69) is 11.6 Å². The Bertz CT molecular complexity index is 192. The Kier molecular flexibility index (Phi) is 3.62. The zero-order chi connectivity index (χ0) is 9.90. The molecule has 0 bridgehead atoms. The average Bonchev–Trinajstić information content (AvgIpc) is 2.81. The van der Waals surface area contributed by atoms with Crippen LogP contribution in [0.2, 0.25) is 0 Å². The third-order valence-electron chi connectivity index (χ3n) is 2.37. The maximum Gasteiger partial charge on any atom is 0.240 e. The van der Waals surface area contributed by atoms with E-state index >= 15 is 0 Å². The van der Waals surface area contributed by atoms with Gasteiger partial charge in [-0.3, -0.25) is 4.79 Å². The summed E-state index contributed by atoms with van der Waals surface area (Å²) < 4.78 is 0. The molecule has 4 heteroatoms. The molecule has 0 aromatic rings. The Hall–Kier alpha value is -0.220. The zero-order valence-electron chi connectivity index (χ0n) is 8.30. The highest BCUT2D eigenvalue weighted by molar-refractivity contribution is 7.98. The second-order valence-electron chi connectivity index (χ2n) is 3.81. The van der Waals surface area contributed by atoms with E-state index in [0.29, 0.717) is 0 Å². The number of nitrogens with one attached hydrogen (secondary N) is 1. The van der Waals surface area contributed by atoms with Crippen LogP contribution in [0.25, 0.3) is 0 Å². The molecule has 0 radical (unpaired) electrons. The molecule has 0 aromatic carbocycles. The second-order valence-corrected chi connectivity index (χ2v) is 4.80. The van der Waals surface area contributed by atoms with Gasteiger partial charge in [0.25, 0.3) is 0 Å². The van der Waals surface area contributed by atoms with Crippen molar-refractivity contribution in [1.82, 2.24) is 5.32 Å². The number of carbonyl (C=O) groups excluding carboxylic acids is 1. The van der Waals surface area contributed by atoms with Gasteiger partial charge in [0.2, 0.25) is 5.91 Å². The summed E-state index contributed by atoms with van der Waals surface area (Å²) >= 11 is 1.80. The summed E-state index contributed by atoms with van der Waals surface area (Å²) in [7, 11) is 0. The van der Waals surface area contributed by atoms with Crippen molar-refractivity contribution in [1.29, 1.82) is 0 Å². The fourth-order valence-corrected chi connectivity index (χ4v) is 1.69. The highest BCUT2D eigenvalue weighted by atomic mass is 32.2. The molecule has 1 fully saturated rings. The van der Waals surface area contributed by atoms with Gasteiger partial charge in [-0.05, 0) is 38.2 Å². The molecule has 13 heavy (non-hydrogen) atoms. The lowest BCUT2D eigenvalue weighted by Gasteiger charge is -2.16. The number of hydrogen-bond acceptors (Lipinski definition) is 3. The van der Waals surface area contributed by atoms with Crippen LogP contribution in [0.3, 0.4) is 0 Å². The number of hydrogen-bond donors (Lipinski definition) is 2. The van der Waals surface area contributed by atoms with Gasteiger partial charge in [-0.2, -0.15) is 11.8 Å². The van der Waals surface area contributed by atoms with E-state index in [9.17, 15) is 4.79 Å². The molecule has 1 aliphatic rings. The first-order chi connectivity index (χ1) is 6.08. The summed E-state index contributed by atoms with van der Waals surface area (Å²) in [5.74, 6) is 1.11. The van der Waals surface area contributed by atoms with Crippen molar-refractivity contribution in [2.24, 2.45) is 5.73 Å². The van der Waals surface area contributed by atoms with Crippen LogP contribution in [-0.4, -0.2) is 29.5 Å². The van der Waals surface area contributed by atoms with Gasteiger partial charge in [0.05, 0.1) is 5.54 Å². The molecular formula is C9H18N2OS.